The summed E-state index contributed by atoms with van der Waals surface area (Å²) in [6.07, 6.45) is 0. The minimum Gasteiger partial charge on any atom is -0.493 e. The van der Waals surface area contributed by atoms with Crippen molar-refractivity contribution in [2.75, 3.05) is 28.4 Å². The van der Waals surface area contributed by atoms with Gasteiger partial charge in [0.15, 0.2) is 11.5 Å². The number of nitrogens with zero attached hydrogens (tertiary/aromatic N) is 3. The summed E-state index contributed by atoms with van der Waals surface area (Å²) in [7, 11) is 6.36. The van der Waals surface area contributed by atoms with Gasteiger partial charge in [-0.1, -0.05) is 18.2 Å². The van der Waals surface area contributed by atoms with E-state index in [1.165, 1.54) is 21.3 Å². The fraction of sp³-hybridized carbons (Fsp3) is 0.304. The normalized spacial score (nSPS) is 10.6. The summed E-state index contributed by atoms with van der Waals surface area (Å²) < 4.78 is 18.0. The molecule has 1 heterocycles. The number of hydrogen-bond acceptors (Lipinski definition) is 5. The first-order chi connectivity index (χ1) is 14.4. The summed E-state index contributed by atoms with van der Waals surface area (Å²) in [4.78, 5) is 14.8. The standard InChI is InChI=1S/C23H27N3O4/c1-15-19(16(2)26(24-15)18-10-8-7-9-11-18)14-25(3)23(27)17-12-20(28-4)22(30-6)21(13-17)29-5/h7-13H,14H2,1-6H3. The lowest BCUT2D eigenvalue weighted by atomic mass is 10.1. The van der Waals surface area contributed by atoms with Gasteiger partial charge >= 0.3 is 0 Å². The van der Waals surface area contributed by atoms with Crippen LogP contribution < -0.4 is 14.2 Å². The number of carbonyl (C=O) groups excluding carboxylic acids is 1. The van der Waals surface area contributed by atoms with Crippen LogP contribution in [0.5, 0.6) is 17.2 Å². The topological polar surface area (TPSA) is 65.8 Å². The van der Waals surface area contributed by atoms with Crippen molar-refractivity contribution in [1.29, 1.82) is 0 Å². The van der Waals surface area contributed by atoms with Crippen LogP contribution in [0, 0.1) is 13.8 Å². The number of carbonyl (C=O) groups is 1. The predicted molar refractivity (Wildman–Crippen MR) is 115 cm³/mol. The van der Waals surface area contributed by atoms with E-state index in [2.05, 4.69) is 5.10 Å². The van der Waals surface area contributed by atoms with E-state index in [1.807, 2.05) is 48.9 Å². The molecule has 0 bridgehead atoms. The van der Waals surface area contributed by atoms with Gasteiger partial charge in [-0.05, 0) is 38.1 Å². The number of hydrogen-bond donors (Lipinski definition) is 0. The number of aromatic nitrogens is 2. The van der Waals surface area contributed by atoms with E-state index in [0.29, 0.717) is 29.4 Å². The van der Waals surface area contributed by atoms with E-state index in [1.54, 1.807) is 24.1 Å². The smallest absolute Gasteiger partial charge is 0.254 e. The molecule has 1 amide bonds. The quantitative estimate of drug-likeness (QED) is 0.594. The number of amides is 1. The number of para-hydroxylation sites is 1. The molecule has 158 valence electrons. The highest BCUT2D eigenvalue weighted by Gasteiger charge is 2.21. The molecule has 0 fully saturated rings. The largest absolute Gasteiger partial charge is 0.493 e. The lowest BCUT2D eigenvalue weighted by molar-refractivity contribution is 0.0784. The van der Waals surface area contributed by atoms with Crippen molar-refractivity contribution in [3.05, 3.63) is 65.0 Å². The van der Waals surface area contributed by atoms with E-state index in [-0.39, 0.29) is 5.91 Å². The number of rotatable bonds is 7. The van der Waals surface area contributed by atoms with Gasteiger partial charge in [-0.15, -0.1) is 0 Å². The van der Waals surface area contributed by atoms with Crippen LogP contribution in [0.1, 0.15) is 27.3 Å². The average Bonchev–Trinajstić information content (AvgIpc) is 3.06. The molecule has 7 heteroatoms. The maximum absolute atomic E-state index is 13.1. The molecule has 0 aliphatic carbocycles. The minimum absolute atomic E-state index is 0.152. The van der Waals surface area contributed by atoms with E-state index in [9.17, 15) is 4.79 Å². The molecule has 0 N–H and O–H groups in total. The van der Waals surface area contributed by atoms with Gasteiger partial charge in [-0.25, -0.2) is 4.68 Å². The van der Waals surface area contributed by atoms with E-state index in [4.69, 9.17) is 14.2 Å². The third kappa shape index (κ3) is 3.96. The SMILES string of the molecule is COc1cc(C(=O)N(C)Cc2c(C)nn(-c3ccccc3)c2C)cc(OC)c1OC. The third-order valence-electron chi connectivity index (χ3n) is 5.10. The Balaban J connectivity index is 1.89. The molecule has 0 radical (unpaired) electrons. The molecule has 2 aromatic carbocycles. The second-order valence-electron chi connectivity index (χ2n) is 6.97. The average molecular weight is 409 g/mol. The lowest BCUT2D eigenvalue weighted by Crippen LogP contribution is -2.26. The fourth-order valence-corrected chi connectivity index (χ4v) is 3.46. The third-order valence-corrected chi connectivity index (χ3v) is 5.10. The first-order valence-corrected chi connectivity index (χ1v) is 9.57. The Hall–Kier alpha value is -3.48. The van der Waals surface area contributed by atoms with Crippen molar-refractivity contribution in [1.82, 2.24) is 14.7 Å². The zero-order chi connectivity index (χ0) is 21.8. The highest BCUT2D eigenvalue weighted by molar-refractivity contribution is 5.95. The van der Waals surface area contributed by atoms with Crippen molar-refractivity contribution in [3.63, 3.8) is 0 Å². The second-order valence-corrected chi connectivity index (χ2v) is 6.97. The van der Waals surface area contributed by atoms with Crippen LogP contribution in [0.25, 0.3) is 5.69 Å². The van der Waals surface area contributed by atoms with Gasteiger partial charge < -0.3 is 19.1 Å². The van der Waals surface area contributed by atoms with Gasteiger partial charge in [-0.3, -0.25) is 4.79 Å². The molecular formula is C23H27N3O4. The zero-order valence-electron chi connectivity index (χ0n) is 18.2. The van der Waals surface area contributed by atoms with Crippen LogP contribution >= 0.6 is 0 Å². The summed E-state index contributed by atoms with van der Waals surface area (Å²) in [6, 6.07) is 13.3. The number of methoxy groups -OCH3 is 3. The molecule has 0 saturated heterocycles. The van der Waals surface area contributed by atoms with E-state index >= 15 is 0 Å². The molecule has 0 saturated carbocycles. The summed E-state index contributed by atoms with van der Waals surface area (Å²) in [5, 5.41) is 4.67. The van der Waals surface area contributed by atoms with Gasteiger partial charge in [0.1, 0.15) is 0 Å². The van der Waals surface area contributed by atoms with Gasteiger partial charge in [0, 0.05) is 30.4 Å². The molecule has 0 atom stereocenters. The van der Waals surface area contributed by atoms with Crippen LogP contribution in [0.4, 0.5) is 0 Å². The maximum Gasteiger partial charge on any atom is 0.254 e. The van der Waals surface area contributed by atoms with Crippen molar-refractivity contribution in [3.8, 4) is 22.9 Å². The summed E-state index contributed by atoms with van der Waals surface area (Å²) in [5.74, 6) is 1.19. The highest BCUT2D eigenvalue weighted by Crippen LogP contribution is 2.38. The summed E-state index contributed by atoms with van der Waals surface area (Å²) in [5.41, 5.74) is 4.35. The van der Waals surface area contributed by atoms with Crippen LogP contribution in [0.15, 0.2) is 42.5 Å². The van der Waals surface area contributed by atoms with Gasteiger partial charge in [0.2, 0.25) is 5.75 Å². The van der Waals surface area contributed by atoms with Gasteiger partial charge in [-0.2, -0.15) is 5.10 Å². The summed E-state index contributed by atoms with van der Waals surface area (Å²) >= 11 is 0. The van der Waals surface area contributed by atoms with Gasteiger partial charge in [0.25, 0.3) is 5.91 Å². The Morgan fingerprint density at radius 1 is 1.00 bits per heavy atom. The Morgan fingerprint density at radius 3 is 2.13 bits per heavy atom. The van der Waals surface area contributed by atoms with Crippen LogP contribution in [0.3, 0.4) is 0 Å². The Bertz CT molecular complexity index is 1020. The molecule has 0 unspecified atom stereocenters. The van der Waals surface area contributed by atoms with Crippen molar-refractivity contribution in [2.45, 2.75) is 20.4 Å². The Labute approximate surface area is 176 Å². The predicted octanol–water partition coefficient (Wildman–Crippen LogP) is 3.79. The lowest BCUT2D eigenvalue weighted by Gasteiger charge is -2.19. The fourth-order valence-electron chi connectivity index (χ4n) is 3.46. The molecule has 7 nitrogen and oxygen atoms in total. The second kappa shape index (κ2) is 8.90. The molecule has 3 aromatic rings. The Morgan fingerprint density at radius 2 is 1.60 bits per heavy atom. The zero-order valence-corrected chi connectivity index (χ0v) is 18.2. The first kappa shape index (κ1) is 21.2. The molecular weight excluding hydrogens is 382 g/mol. The monoisotopic (exact) mass is 409 g/mol. The minimum atomic E-state index is -0.152. The number of aryl methyl sites for hydroxylation is 1. The first-order valence-electron chi connectivity index (χ1n) is 9.57. The number of benzene rings is 2. The van der Waals surface area contributed by atoms with Gasteiger partial charge in [0.05, 0.1) is 32.7 Å². The van der Waals surface area contributed by atoms with Crippen molar-refractivity contribution < 1.29 is 19.0 Å². The van der Waals surface area contributed by atoms with Crippen molar-refractivity contribution >= 4 is 5.91 Å². The Kier molecular flexibility index (Phi) is 6.30. The van der Waals surface area contributed by atoms with Crippen LogP contribution in [0.2, 0.25) is 0 Å². The molecule has 3 rings (SSSR count). The van der Waals surface area contributed by atoms with Crippen LogP contribution in [-0.2, 0) is 6.54 Å². The molecule has 1 aromatic heterocycles. The molecule has 0 aliphatic heterocycles. The summed E-state index contributed by atoms with van der Waals surface area (Å²) in [6.45, 7) is 4.40. The van der Waals surface area contributed by atoms with Crippen molar-refractivity contribution in [2.24, 2.45) is 0 Å². The molecule has 30 heavy (non-hydrogen) atoms. The van der Waals surface area contributed by atoms with Crippen LogP contribution in [-0.4, -0.2) is 49.0 Å². The molecule has 0 aliphatic rings. The maximum atomic E-state index is 13.1. The number of ether oxygens (including phenoxy) is 3. The molecule has 0 spiro atoms. The van der Waals surface area contributed by atoms with E-state index < -0.39 is 0 Å². The van der Waals surface area contributed by atoms with E-state index in [0.717, 1.165) is 22.6 Å². The highest BCUT2D eigenvalue weighted by atomic mass is 16.5.